The van der Waals surface area contributed by atoms with Crippen molar-refractivity contribution in [3.05, 3.63) is 150 Å². The Kier molecular flexibility index (Phi) is 7.62. The number of benzene rings is 5. The van der Waals surface area contributed by atoms with Gasteiger partial charge in [-0.25, -0.2) is 0 Å². The van der Waals surface area contributed by atoms with E-state index in [1.165, 1.54) is 11.1 Å². The van der Waals surface area contributed by atoms with Gasteiger partial charge in [-0.15, -0.1) is 0 Å². The monoisotopic (exact) mass is 642 g/mol. The van der Waals surface area contributed by atoms with Gasteiger partial charge in [0.1, 0.15) is 0 Å². The summed E-state index contributed by atoms with van der Waals surface area (Å²) in [5, 5.41) is 2.23. The molecule has 6 heteroatoms. The SMILES string of the molecule is CC(C)(C)c1cccc(C(=O)[NH][Ti]([Cl])([Cl])([c]2cccc3c2Cc2ccccc2-3)[SiH](c2ccccc2)c2ccccc2)c1. The summed E-state index contributed by atoms with van der Waals surface area (Å²) in [5.74, 6) is -0.222. The minimum atomic E-state index is -5.27. The van der Waals surface area contributed by atoms with E-state index < -0.39 is 19.4 Å². The predicted octanol–water partition coefficient (Wildman–Crippen LogP) is 7.06. The normalized spacial score (nSPS) is 13.6. The number of fused-ring (bicyclic) bond motifs is 3. The van der Waals surface area contributed by atoms with Gasteiger partial charge in [-0.2, -0.15) is 0 Å². The third kappa shape index (κ3) is 5.23. The molecule has 42 heavy (non-hydrogen) atoms. The van der Waals surface area contributed by atoms with Crippen molar-refractivity contribution in [3.63, 3.8) is 0 Å². The molecule has 6 rings (SSSR count). The minimum absolute atomic E-state index is 0.105. The number of hydrogen-bond acceptors (Lipinski definition) is 1. The number of hydrogen-bond donors (Lipinski definition) is 1. The third-order valence-corrected chi connectivity index (χ3v) is 32.5. The van der Waals surface area contributed by atoms with E-state index in [9.17, 15) is 4.79 Å². The molecule has 0 saturated carbocycles. The van der Waals surface area contributed by atoms with Crippen LogP contribution in [0.1, 0.15) is 47.8 Å². The van der Waals surface area contributed by atoms with Crippen LogP contribution in [0.5, 0.6) is 0 Å². The molecule has 0 bridgehead atoms. The summed E-state index contributed by atoms with van der Waals surface area (Å²) in [5.41, 5.74) is 6.30. The first-order chi connectivity index (χ1) is 20.1. The van der Waals surface area contributed by atoms with E-state index in [1.807, 2.05) is 54.6 Å². The molecule has 0 radical (unpaired) electrons. The summed E-state index contributed by atoms with van der Waals surface area (Å²) in [6.07, 6.45) is 0.737. The van der Waals surface area contributed by atoms with E-state index in [1.54, 1.807) is 0 Å². The van der Waals surface area contributed by atoms with E-state index in [0.29, 0.717) is 5.56 Å². The Bertz CT molecular complexity index is 1740. The molecule has 1 aliphatic carbocycles. The quantitative estimate of drug-likeness (QED) is 0.194. The van der Waals surface area contributed by atoms with Crippen LogP contribution in [0.3, 0.4) is 0 Å². The fourth-order valence-electron chi connectivity index (χ4n) is 6.36. The molecule has 0 aliphatic heterocycles. The fourth-order valence-corrected chi connectivity index (χ4v) is 32.0. The van der Waals surface area contributed by atoms with Gasteiger partial charge in [-0.05, 0) is 0 Å². The van der Waals surface area contributed by atoms with E-state index in [-0.39, 0.29) is 11.3 Å². The van der Waals surface area contributed by atoms with Gasteiger partial charge in [0, 0.05) is 0 Å². The van der Waals surface area contributed by atoms with Crippen LogP contribution < -0.4 is 18.0 Å². The maximum absolute atomic E-state index is 14.4. The van der Waals surface area contributed by atoms with Gasteiger partial charge in [-0.1, -0.05) is 0 Å². The molecule has 1 N–H and O–H groups in total. The average molecular weight is 644 g/mol. The van der Waals surface area contributed by atoms with Crippen LogP contribution in [0.25, 0.3) is 11.1 Å². The Morgan fingerprint density at radius 1 is 0.714 bits per heavy atom. The first kappa shape index (κ1) is 29.2. The zero-order chi connectivity index (χ0) is 29.6. The van der Waals surface area contributed by atoms with E-state index in [0.717, 1.165) is 37.4 Å². The first-order valence-corrected chi connectivity index (χ1v) is 24.7. The Balaban J connectivity index is 1.60. The van der Waals surface area contributed by atoms with Gasteiger partial charge in [0.2, 0.25) is 0 Å². The number of halogens is 2. The Labute approximate surface area is 258 Å². The molecule has 0 unspecified atom stereocenters. The van der Waals surface area contributed by atoms with Crippen molar-refractivity contribution in [2.75, 3.05) is 0 Å². The predicted molar refractivity (Wildman–Crippen MR) is 178 cm³/mol. The molecule has 0 saturated heterocycles. The number of nitrogens with one attached hydrogen (secondary N) is 1. The number of rotatable bonds is 6. The number of carbonyl (C=O) groups is 1. The van der Waals surface area contributed by atoms with Gasteiger partial charge in [-0.3, -0.25) is 0 Å². The van der Waals surface area contributed by atoms with Gasteiger partial charge in [0.15, 0.2) is 0 Å². The van der Waals surface area contributed by atoms with Crippen LogP contribution >= 0.6 is 18.6 Å². The van der Waals surface area contributed by atoms with Crippen molar-refractivity contribution >= 4 is 45.4 Å². The summed E-state index contributed by atoms with van der Waals surface area (Å²) in [7, 11) is 16.5. The van der Waals surface area contributed by atoms with Crippen molar-refractivity contribution < 1.29 is 17.5 Å². The van der Waals surface area contributed by atoms with Gasteiger partial charge in [0.25, 0.3) is 0 Å². The second-order valence-electron chi connectivity index (χ2n) is 12.3. The van der Waals surface area contributed by atoms with E-state index in [2.05, 4.69) is 97.4 Å². The van der Waals surface area contributed by atoms with Crippen LogP contribution in [0.2, 0.25) is 0 Å². The number of carbonyl (C=O) groups excluding carboxylic acids is 1. The molecule has 5 aromatic rings. The number of amides is 1. The molecule has 0 atom stereocenters. The van der Waals surface area contributed by atoms with Crippen LogP contribution in [-0.2, 0) is 24.5 Å². The topological polar surface area (TPSA) is 29.1 Å². The molecular weight excluding hydrogens is 609 g/mol. The summed E-state index contributed by atoms with van der Waals surface area (Å²) >= 11 is -5.27. The fraction of sp³-hybridized carbons (Fsp3) is 0.139. The van der Waals surface area contributed by atoms with Crippen LogP contribution in [0.15, 0.2) is 127 Å². The second-order valence-corrected chi connectivity index (χ2v) is 36.8. The molecular formula is C36H34Cl2NOSiTi. The standard InChI is InChI=1S/C13H9.C12H11Si.C11H15NO.2ClH.Ti/c1-3-7-12-10(5-1)9-11-6-2-4-8-13(11)12;1-3-7-11(8-4-1)13-12-9-5-2-6-10-12;1-11(2,3)9-6-4-5-8(7-9)10(12)13;;;/h1-5,7-8H,9H2;1-10,13H;4-7H,1-3H3,(H2,12,13);2*1H;/q;;;;;+3/p-3. The Morgan fingerprint density at radius 2 is 1.29 bits per heavy atom. The summed E-state index contributed by atoms with van der Waals surface area (Å²) in [6.45, 7) is 3.96. The van der Waals surface area contributed by atoms with Gasteiger partial charge < -0.3 is 0 Å². The molecule has 5 aromatic carbocycles. The molecule has 2 nitrogen and oxygen atoms in total. The van der Waals surface area contributed by atoms with Crippen molar-refractivity contribution in [1.29, 1.82) is 0 Å². The zero-order valence-corrected chi connectivity index (χ0v) is 28.3. The first-order valence-electron chi connectivity index (χ1n) is 14.4. The third-order valence-electron chi connectivity index (χ3n) is 8.45. The molecule has 0 heterocycles. The van der Waals surface area contributed by atoms with Gasteiger partial charge >= 0.3 is 260 Å². The summed E-state index contributed by atoms with van der Waals surface area (Å²) < 4.78 is 4.40. The average Bonchev–Trinajstić information content (AvgIpc) is 3.37. The van der Waals surface area contributed by atoms with Crippen molar-refractivity contribution in [2.24, 2.45) is 0 Å². The van der Waals surface area contributed by atoms with E-state index >= 15 is 0 Å². The summed E-state index contributed by atoms with van der Waals surface area (Å²) in [4.78, 5) is 14.4. The maximum atomic E-state index is 14.4. The molecule has 0 fully saturated rings. The Morgan fingerprint density at radius 3 is 1.93 bits per heavy atom. The molecule has 1 amide bonds. The van der Waals surface area contributed by atoms with Crippen LogP contribution in [0, 0.1) is 0 Å². The summed E-state index contributed by atoms with van der Waals surface area (Å²) in [6, 6.07) is 43.3. The van der Waals surface area contributed by atoms with Gasteiger partial charge in [0.05, 0.1) is 0 Å². The molecule has 1 aliphatic rings. The molecule has 211 valence electrons. The van der Waals surface area contributed by atoms with Crippen molar-refractivity contribution in [2.45, 2.75) is 32.6 Å². The Hall–Kier alpha value is -2.92. The molecule has 0 spiro atoms. The van der Waals surface area contributed by atoms with Crippen LogP contribution in [0.4, 0.5) is 0 Å². The zero-order valence-electron chi connectivity index (χ0n) is 24.1. The van der Waals surface area contributed by atoms with Crippen LogP contribution in [-0.4, -0.2) is 12.6 Å². The molecule has 0 aromatic heterocycles. The second kappa shape index (κ2) is 11.0. The van der Waals surface area contributed by atoms with Crippen molar-refractivity contribution in [1.82, 2.24) is 3.80 Å². The van der Waals surface area contributed by atoms with E-state index in [4.69, 9.17) is 18.6 Å². The van der Waals surface area contributed by atoms with Crippen molar-refractivity contribution in [3.8, 4) is 11.1 Å².